The van der Waals surface area contributed by atoms with Crippen molar-refractivity contribution in [3.8, 4) is 0 Å². The number of thiol groups is 1. The van der Waals surface area contributed by atoms with Crippen LogP contribution < -0.4 is 4.72 Å². The lowest BCUT2D eigenvalue weighted by molar-refractivity contribution is -0.139. The number of rotatable bonds is 6. The lowest BCUT2D eigenvalue weighted by atomic mass is 10.2. The molecule has 0 aliphatic rings. The van der Waals surface area contributed by atoms with Crippen LogP contribution in [-0.4, -0.2) is 31.3 Å². The zero-order chi connectivity index (χ0) is 14.6. The third-order valence-electron chi connectivity index (χ3n) is 2.20. The van der Waals surface area contributed by atoms with E-state index in [1.165, 1.54) is 18.2 Å². The number of hydrogen-bond donors (Lipinski definition) is 3. The summed E-state index contributed by atoms with van der Waals surface area (Å²) in [6.07, 6.45) is 0.0414. The maximum absolute atomic E-state index is 12.1. The van der Waals surface area contributed by atoms with Gasteiger partial charge in [-0.2, -0.15) is 17.4 Å². The van der Waals surface area contributed by atoms with Crippen molar-refractivity contribution >= 4 is 51.8 Å². The molecule has 0 amide bonds. The Kier molecular flexibility index (Phi) is 5.94. The van der Waals surface area contributed by atoms with Gasteiger partial charge in [-0.05, 0) is 24.3 Å². The van der Waals surface area contributed by atoms with E-state index >= 15 is 0 Å². The van der Waals surface area contributed by atoms with Gasteiger partial charge in [0.15, 0.2) is 0 Å². The van der Waals surface area contributed by atoms with E-state index in [4.69, 9.17) is 28.3 Å². The number of carbonyl (C=O) groups is 1. The van der Waals surface area contributed by atoms with Crippen molar-refractivity contribution in [3.05, 3.63) is 28.2 Å². The molecule has 0 radical (unpaired) electrons. The number of nitrogens with one attached hydrogen (secondary N) is 1. The average Bonchev–Trinajstić information content (AvgIpc) is 2.27. The summed E-state index contributed by atoms with van der Waals surface area (Å²) in [4.78, 5) is 10.6. The summed E-state index contributed by atoms with van der Waals surface area (Å²) in [5.74, 6) is -1.07. The quantitative estimate of drug-likeness (QED) is 0.690. The molecule has 0 spiro atoms. The van der Waals surface area contributed by atoms with Gasteiger partial charge in [-0.3, -0.25) is 4.79 Å². The van der Waals surface area contributed by atoms with Crippen molar-refractivity contribution < 1.29 is 18.3 Å². The number of carboxylic acid groups (broad SMARTS) is 1. The summed E-state index contributed by atoms with van der Waals surface area (Å²) in [5, 5.41) is 8.78. The van der Waals surface area contributed by atoms with Crippen LogP contribution in [-0.2, 0) is 14.8 Å². The van der Waals surface area contributed by atoms with E-state index in [1.807, 2.05) is 4.72 Å². The van der Waals surface area contributed by atoms with Gasteiger partial charge in [0.05, 0.1) is 10.0 Å². The van der Waals surface area contributed by atoms with E-state index in [9.17, 15) is 13.2 Å². The molecule has 0 saturated carbocycles. The zero-order valence-electron chi connectivity index (χ0n) is 9.51. The summed E-state index contributed by atoms with van der Waals surface area (Å²) >= 11 is 15.5. The highest BCUT2D eigenvalue weighted by Crippen LogP contribution is 2.29. The fourth-order valence-electron chi connectivity index (χ4n) is 1.35. The van der Waals surface area contributed by atoms with Crippen LogP contribution in [0.2, 0.25) is 10.0 Å². The summed E-state index contributed by atoms with van der Waals surface area (Å²) in [5.41, 5.74) is 0. The summed E-state index contributed by atoms with van der Waals surface area (Å²) < 4.78 is 26.2. The van der Waals surface area contributed by atoms with Crippen molar-refractivity contribution in [1.29, 1.82) is 0 Å². The van der Waals surface area contributed by atoms with Gasteiger partial charge >= 0.3 is 5.97 Å². The Morgan fingerprint density at radius 2 is 1.89 bits per heavy atom. The van der Waals surface area contributed by atoms with Crippen molar-refractivity contribution in [1.82, 2.24) is 4.72 Å². The molecular weight excluding hydrogens is 333 g/mol. The van der Waals surface area contributed by atoms with E-state index < -0.39 is 22.0 Å². The molecule has 0 bridgehead atoms. The molecule has 0 aromatic heterocycles. The molecule has 1 aromatic carbocycles. The zero-order valence-corrected chi connectivity index (χ0v) is 12.7. The lowest BCUT2D eigenvalue weighted by Crippen LogP contribution is -2.41. The van der Waals surface area contributed by atoms with E-state index in [2.05, 4.69) is 12.6 Å². The molecule has 1 atom stereocenters. The van der Waals surface area contributed by atoms with E-state index in [1.54, 1.807) is 0 Å². The molecule has 5 nitrogen and oxygen atoms in total. The minimum absolute atomic E-state index is 0.0414. The van der Waals surface area contributed by atoms with Gasteiger partial charge < -0.3 is 5.11 Å². The van der Waals surface area contributed by atoms with E-state index in [0.29, 0.717) is 0 Å². The number of halogens is 2. The smallest absolute Gasteiger partial charge is 0.321 e. The average molecular weight is 344 g/mol. The molecule has 0 aliphatic heterocycles. The van der Waals surface area contributed by atoms with Crippen molar-refractivity contribution in [2.24, 2.45) is 0 Å². The Morgan fingerprint density at radius 1 is 1.37 bits per heavy atom. The second kappa shape index (κ2) is 6.81. The van der Waals surface area contributed by atoms with Gasteiger partial charge in [0, 0.05) is 0 Å². The molecule has 2 N–H and O–H groups in total. The Bertz CT molecular complexity index is 557. The second-order valence-corrected chi connectivity index (χ2v) is 6.49. The molecule has 106 valence electrons. The maximum atomic E-state index is 12.1. The van der Waals surface area contributed by atoms with Gasteiger partial charge in [0.2, 0.25) is 10.0 Å². The summed E-state index contributed by atoms with van der Waals surface area (Å²) in [6, 6.07) is 2.92. The van der Waals surface area contributed by atoms with Crippen molar-refractivity contribution in [2.75, 3.05) is 5.75 Å². The SMILES string of the molecule is O=C(O)C(CCS)NS(=O)(=O)c1c(Cl)cccc1Cl. The highest BCUT2D eigenvalue weighted by atomic mass is 35.5. The van der Waals surface area contributed by atoms with E-state index in [-0.39, 0.29) is 27.1 Å². The first-order chi connectivity index (χ1) is 8.79. The molecule has 1 aromatic rings. The van der Waals surface area contributed by atoms with Crippen LogP contribution in [0.5, 0.6) is 0 Å². The number of hydrogen-bond acceptors (Lipinski definition) is 4. The Hall–Kier alpha value is -0.470. The van der Waals surface area contributed by atoms with Gasteiger partial charge in [-0.25, -0.2) is 8.42 Å². The second-order valence-electron chi connectivity index (χ2n) is 3.58. The molecule has 1 unspecified atom stereocenters. The normalized spacial score (nSPS) is 13.2. The largest absolute Gasteiger partial charge is 0.480 e. The molecule has 0 saturated heterocycles. The highest BCUT2D eigenvalue weighted by Gasteiger charge is 2.28. The molecule has 9 heteroatoms. The number of sulfonamides is 1. The van der Waals surface area contributed by atoms with Crippen molar-refractivity contribution in [2.45, 2.75) is 17.4 Å². The molecule has 0 fully saturated rings. The molecule has 0 aliphatic carbocycles. The van der Waals surface area contributed by atoms with Crippen LogP contribution in [0.4, 0.5) is 0 Å². The molecular formula is C10H11Cl2NO4S2. The molecule has 19 heavy (non-hydrogen) atoms. The van der Waals surface area contributed by atoms with Crippen LogP contribution in [0.25, 0.3) is 0 Å². The van der Waals surface area contributed by atoms with Crippen LogP contribution in [0.15, 0.2) is 23.1 Å². The minimum atomic E-state index is -4.12. The number of benzene rings is 1. The van der Waals surface area contributed by atoms with Gasteiger partial charge in [0.1, 0.15) is 10.9 Å². The first-order valence-electron chi connectivity index (χ1n) is 5.09. The third-order valence-corrected chi connectivity index (χ3v) is 4.89. The van der Waals surface area contributed by atoms with Gasteiger partial charge in [0.25, 0.3) is 0 Å². The molecule has 0 heterocycles. The fourth-order valence-corrected chi connectivity index (χ4v) is 3.97. The summed E-state index contributed by atoms with van der Waals surface area (Å²) in [6.45, 7) is 0. The monoisotopic (exact) mass is 343 g/mol. The van der Waals surface area contributed by atoms with Gasteiger partial charge in [-0.1, -0.05) is 29.3 Å². The van der Waals surface area contributed by atoms with Crippen LogP contribution in [0, 0.1) is 0 Å². The Balaban J connectivity index is 3.14. The standard InChI is InChI=1S/C10H11Cl2NO4S2/c11-6-2-1-3-7(12)9(6)19(16,17)13-8(4-5-18)10(14)15/h1-3,8,13,18H,4-5H2,(H,14,15). The molecule has 1 rings (SSSR count). The highest BCUT2D eigenvalue weighted by molar-refractivity contribution is 7.89. The number of aliphatic carboxylic acids is 1. The predicted octanol–water partition coefficient (Wildman–Crippen LogP) is 2.04. The first kappa shape index (κ1) is 16.6. The summed E-state index contributed by atoms with van der Waals surface area (Å²) in [7, 11) is -4.12. The topological polar surface area (TPSA) is 83.5 Å². The van der Waals surface area contributed by atoms with Gasteiger partial charge in [-0.15, -0.1) is 0 Å². The van der Waals surface area contributed by atoms with Crippen LogP contribution >= 0.6 is 35.8 Å². The minimum Gasteiger partial charge on any atom is -0.480 e. The number of carboxylic acids is 1. The maximum Gasteiger partial charge on any atom is 0.321 e. The Morgan fingerprint density at radius 3 is 2.32 bits per heavy atom. The Labute approximate surface area is 126 Å². The van der Waals surface area contributed by atoms with Crippen molar-refractivity contribution in [3.63, 3.8) is 0 Å². The third kappa shape index (κ3) is 4.25. The van der Waals surface area contributed by atoms with Crippen LogP contribution in [0.3, 0.4) is 0 Å². The first-order valence-corrected chi connectivity index (χ1v) is 7.96. The lowest BCUT2D eigenvalue weighted by Gasteiger charge is -2.15. The predicted molar refractivity (Wildman–Crippen MR) is 76.7 cm³/mol. The van der Waals surface area contributed by atoms with Crippen LogP contribution in [0.1, 0.15) is 6.42 Å². The fraction of sp³-hybridized carbons (Fsp3) is 0.300. The van der Waals surface area contributed by atoms with E-state index in [0.717, 1.165) is 0 Å².